The maximum absolute atomic E-state index is 12.5. The smallest absolute Gasteiger partial charge is 0.221 e. The van der Waals surface area contributed by atoms with E-state index < -0.39 is 0 Å². The van der Waals surface area contributed by atoms with Crippen LogP contribution in [0.2, 0.25) is 0 Å². The summed E-state index contributed by atoms with van der Waals surface area (Å²) in [5.74, 6) is 0.217. The maximum atomic E-state index is 12.5. The lowest BCUT2D eigenvalue weighted by Crippen LogP contribution is -2.39. The highest BCUT2D eigenvalue weighted by molar-refractivity contribution is 5.76. The van der Waals surface area contributed by atoms with E-state index in [1.165, 1.54) is 49.9 Å². The Bertz CT molecular complexity index is 603. The number of fused-ring (bicyclic) bond motifs is 2. The van der Waals surface area contributed by atoms with E-state index in [1.54, 1.807) is 0 Å². The molecule has 0 bridgehead atoms. The first-order chi connectivity index (χ1) is 12.3. The van der Waals surface area contributed by atoms with Crippen LogP contribution in [0.4, 0.5) is 0 Å². The Hall–Kier alpha value is -1.39. The van der Waals surface area contributed by atoms with Crippen molar-refractivity contribution in [3.05, 3.63) is 35.4 Å². The normalized spacial score (nSPS) is 27.4. The van der Waals surface area contributed by atoms with Crippen LogP contribution in [0.15, 0.2) is 24.3 Å². The van der Waals surface area contributed by atoms with Gasteiger partial charge in [0.1, 0.15) is 0 Å². The van der Waals surface area contributed by atoms with E-state index in [0.717, 1.165) is 38.5 Å². The van der Waals surface area contributed by atoms with Crippen LogP contribution in [0, 0.1) is 0 Å². The minimum absolute atomic E-state index is 0.215. The second-order valence-corrected chi connectivity index (χ2v) is 7.95. The first-order valence-electron chi connectivity index (χ1n) is 10.1. The summed E-state index contributed by atoms with van der Waals surface area (Å²) in [4.78, 5) is 17.7. The van der Waals surface area contributed by atoms with Crippen LogP contribution in [-0.4, -0.2) is 54.5 Å². The van der Waals surface area contributed by atoms with Crippen LogP contribution in [0.5, 0.6) is 0 Å². The van der Waals surface area contributed by atoms with E-state index in [4.69, 9.17) is 0 Å². The van der Waals surface area contributed by atoms with Crippen LogP contribution in [0.25, 0.3) is 0 Å². The van der Waals surface area contributed by atoms with Crippen LogP contribution in [0.1, 0.15) is 55.7 Å². The van der Waals surface area contributed by atoms with Crippen molar-refractivity contribution in [2.45, 2.75) is 57.0 Å². The Labute approximate surface area is 151 Å². The third-order valence-electron chi connectivity index (χ3n) is 6.25. The monoisotopic (exact) mass is 341 g/mol. The van der Waals surface area contributed by atoms with Crippen LogP contribution >= 0.6 is 0 Å². The molecule has 1 N–H and O–H groups in total. The van der Waals surface area contributed by atoms with Gasteiger partial charge < -0.3 is 10.2 Å². The molecule has 2 fully saturated rings. The molecule has 0 aromatic heterocycles. The van der Waals surface area contributed by atoms with Gasteiger partial charge in [0.25, 0.3) is 0 Å². The highest BCUT2D eigenvalue weighted by atomic mass is 16.1. The van der Waals surface area contributed by atoms with Crippen molar-refractivity contribution in [3.63, 3.8) is 0 Å². The third-order valence-corrected chi connectivity index (χ3v) is 6.25. The highest BCUT2D eigenvalue weighted by Gasteiger charge is 2.29. The molecule has 0 radical (unpaired) electrons. The summed E-state index contributed by atoms with van der Waals surface area (Å²) < 4.78 is 0. The van der Waals surface area contributed by atoms with Crippen LogP contribution in [0.3, 0.4) is 0 Å². The van der Waals surface area contributed by atoms with E-state index >= 15 is 0 Å². The van der Waals surface area contributed by atoms with Crippen molar-refractivity contribution in [1.29, 1.82) is 0 Å². The summed E-state index contributed by atoms with van der Waals surface area (Å²) in [6.07, 6.45) is 7.95. The van der Waals surface area contributed by atoms with E-state index in [-0.39, 0.29) is 11.9 Å². The first-order valence-corrected chi connectivity index (χ1v) is 10.1. The van der Waals surface area contributed by atoms with Gasteiger partial charge in [0.05, 0.1) is 6.04 Å². The fourth-order valence-electron chi connectivity index (χ4n) is 4.92. The Morgan fingerprint density at radius 2 is 1.96 bits per heavy atom. The highest BCUT2D eigenvalue weighted by Crippen LogP contribution is 2.29. The molecule has 1 aliphatic carbocycles. The van der Waals surface area contributed by atoms with Gasteiger partial charge in [0.15, 0.2) is 0 Å². The van der Waals surface area contributed by atoms with Gasteiger partial charge in [0.2, 0.25) is 5.91 Å². The summed E-state index contributed by atoms with van der Waals surface area (Å²) in [6.45, 7) is 5.73. The Kier molecular flexibility index (Phi) is 5.37. The molecule has 2 saturated heterocycles. The zero-order valence-electron chi connectivity index (χ0n) is 15.3. The van der Waals surface area contributed by atoms with Crippen molar-refractivity contribution >= 4 is 5.91 Å². The van der Waals surface area contributed by atoms with Crippen molar-refractivity contribution in [3.8, 4) is 0 Å². The molecule has 2 unspecified atom stereocenters. The SMILES string of the molecule is O=C(CCN1CCCN2CCCC2C1)NC1CCCc2ccccc21. The predicted octanol–water partition coefficient (Wildman–Crippen LogP) is 2.74. The number of nitrogens with zero attached hydrogens (tertiary/aromatic N) is 2. The van der Waals surface area contributed by atoms with E-state index in [1.807, 2.05) is 0 Å². The van der Waals surface area contributed by atoms with Gasteiger partial charge in [0, 0.05) is 25.6 Å². The lowest BCUT2D eigenvalue weighted by atomic mass is 9.87. The molecule has 2 aliphatic heterocycles. The lowest BCUT2D eigenvalue weighted by molar-refractivity contribution is -0.122. The Balaban J connectivity index is 1.28. The number of carbonyl (C=O) groups excluding carboxylic acids is 1. The minimum Gasteiger partial charge on any atom is -0.349 e. The zero-order chi connectivity index (χ0) is 17.1. The summed E-state index contributed by atoms with van der Waals surface area (Å²) in [7, 11) is 0. The number of aryl methyl sites for hydroxylation is 1. The lowest BCUT2D eigenvalue weighted by Gasteiger charge is -2.28. The molecule has 136 valence electrons. The standard InChI is InChI=1S/C21H31N3O/c25-21(22-20-10-3-7-17-6-1-2-9-19(17)20)11-15-23-12-5-14-24-13-4-8-18(24)16-23/h1-2,6,9,18,20H,3-5,7-8,10-16H2,(H,22,25). The average molecular weight is 341 g/mol. The fraction of sp³-hybridized carbons (Fsp3) is 0.667. The van der Waals surface area contributed by atoms with Gasteiger partial charge in [-0.05, 0) is 69.3 Å². The zero-order valence-corrected chi connectivity index (χ0v) is 15.3. The summed E-state index contributed by atoms with van der Waals surface area (Å²) in [5.41, 5.74) is 2.74. The van der Waals surface area contributed by atoms with Gasteiger partial charge in [-0.2, -0.15) is 0 Å². The van der Waals surface area contributed by atoms with Gasteiger partial charge in [-0.25, -0.2) is 0 Å². The fourth-order valence-corrected chi connectivity index (χ4v) is 4.92. The number of benzene rings is 1. The van der Waals surface area contributed by atoms with Crippen molar-refractivity contribution in [2.24, 2.45) is 0 Å². The summed E-state index contributed by atoms with van der Waals surface area (Å²) in [6, 6.07) is 9.53. The molecule has 1 aromatic carbocycles. The molecule has 1 amide bonds. The van der Waals surface area contributed by atoms with Crippen LogP contribution < -0.4 is 5.32 Å². The molecule has 2 heterocycles. The molecule has 0 spiro atoms. The van der Waals surface area contributed by atoms with Crippen LogP contribution in [-0.2, 0) is 11.2 Å². The van der Waals surface area contributed by atoms with E-state index in [0.29, 0.717) is 6.42 Å². The average Bonchev–Trinajstić information content (AvgIpc) is 2.98. The van der Waals surface area contributed by atoms with Gasteiger partial charge in [-0.15, -0.1) is 0 Å². The topological polar surface area (TPSA) is 35.6 Å². The number of amides is 1. The third kappa shape index (κ3) is 4.06. The second-order valence-electron chi connectivity index (χ2n) is 7.95. The first kappa shape index (κ1) is 17.0. The van der Waals surface area contributed by atoms with E-state index in [2.05, 4.69) is 39.4 Å². The largest absolute Gasteiger partial charge is 0.349 e. The molecule has 4 nitrogen and oxygen atoms in total. The summed E-state index contributed by atoms with van der Waals surface area (Å²) >= 11 is 0. The van der Waals surface area contributed by atoms with Gasteiger partial charge in [-0.3, -0.25) is 9.69 Å². The Morgan fingerprint density at radius 1 is 1.08 bits per heavy atom. The van der Waals surface area contributed by atoms with E-state index in [9.17, 15) is 4.79 Å². The minimum atomic E-state index is 0.215. The number of hydrogen-bond donors (Lipinski definition) is 1. The van der Waals surface area contributed by atoms with Crippen molar-refractivity contribution in [1.82, 2.24) is 15.1 Å². The molecular weight excluding hydrogens is 310 g/mol. The number of rotatable bonds is 4. The molecular formula is C21H31N3O. The second kappa shape index (κ2) is 7.88. The molecule has 25 heavy (non-hydrogen) atoms. The van der Waals surface area contributed by atoms with Crippen molar-refractivity contribution < 1.29 is 4.79 Å². The van der Waals surface area contributed by atoms with Crippen molar-refractivity contribution in [2.75, 3.05) is 32.7 Å². The molecule has 2 atom stereocenters. The number of nitrogens with one attached hydrogen (secondary N) is 1. The number of carbonyl (C=O) groups is 1. The quantitative estimate of drug-likeness (QED) is 0.915. The van der Waals surface area contributed by atoms with Gasteiger partial charge >= 0.3 is 0 Å². The number of hydrogen-bond acceptors (Lipinski definition) is 3. The molecule has 4 rings (SSSR count). The predicted molar refractivity (Wildman–Crippen MR) is 101 cm³/mol. The Morgan fingerprint density at radius 3 is 2.92 bits per heavy atom. The summed E-state index contributed by atoms with van der Waals surface area (Å²) in [5, 5.41) is 3.30. The maximum Gasteiger partial charge on any atom is 0.221 e. The van der Waals surface area contributed by atoms with Gasteiger partial charge in [-0.1, -0.05) is 24.3 Å². The molecule has 3 aliphatic rings. The molecule has 4 heteroatoms. The molecule has 1 aromatic rings. The molecule has 0 saturated carbocycles.